The number of rotatable bonds is 5. The summed E-state index contributed by atoms with van der Waals surface area (Å²) in [6.07, 6.45) is 6.80. The molecule has 144 valence electrons. The quantitative estimate of drug-likeness (QED) is 0.624. The predicted molar refractivity (Wildman–Crippen MR) is 105 cm³/mol. The maximum atomic E-state index is 11.5. The van der Waals surface area contributed by atoms with Crippen LogP contribution in [0.1, 0.15) is 36.0 Å². The van der Waals surface area contributed by atoms with Gasteiger partial charge in [-0.25, -0.2) is 4.98 Å². The van der Waals surface area contributed by atoms with Crippen LogP contribution in [0.3, 0.4) is 0 Å². The van der Waals surface area contributed by atoms with Crippen molar-refractivity contribution in [1.29, 1.82) is 0 Å². The zero-order valence-corrected chi connectivity index (χ0v) is 15.3. The number of carbonyl (C=O) groups excluding carboxylic acids is 1. The number of H-pyrrole nitrogens is 1. The summed E-state index contributed by atoms with van der Waals surface area (Å²) in [7, 11) is 0. The maximum absolute atomic E-state index is 11.5. The molecular formula is C18H26N8O. The summed E-state index contributed by atoms with van der Waals surface area (Å²) < 4.78 is 0. The number of primary amides is 1. The van der Waals surface area contributed by atoms with Crippen molar-refractivity contribution in [2.75, 3.05) is 42.1 Å². The van der Waals surface area contributed by atoms with Crippen molar-refractivity contribution in [2.24, 2.45) is 5.73 Å². The number of hydrogen-bond donors (Lipinski definition) is 4. The highest BCUT2D eigenvalue weighted by atomic mass is 16.1. The van der Waals surface area contributed by atoms with Crippen molar-refractivity contribution in [3.8, 4) is 0 Å². The molecule has 0 aliphatic carbocycles. The van der Waals surface area contributed by atoms with E-state index in [-0.39, 0.29) is 11.4 Å². The van der Waals surface area contributed by atoms with E-state index in [1.807, 2.05) is 12.1 Å². The Morgan fingerprint density at radius 1 is 1.19 bits per heavy atom. The average molecular weight is 370 g/mol. The van der Waals surface area contributed by atoms with Gasteiger partial charge in [0, 0.05) is 19.1 Å². The molecule has 2 aliphatic rings. The molecule has 0 atom stereocenters. The number of anilines is 4. The molecule has 2 aromatic rings. The van der Waals surface area contributed by atoms with Crippen LogP contribution in [0.15, 0.2) is 18.3 Å². The summed E-state index contributed by atoms with van der Waals surface area (Å²) in [4.78, 5) is 21.0. The fourth-order valence-corrected chi connectivity index (χ4v) is 4.05. The van der Waals surface area contributed by atoms with Gasteiger partial charge in [-0.3, -0.25) is 9.89 Å². The van der Waals surface area contributed by atoms with Crippen LogP contribution in [0.25, 0.3) is 0 Å². The van der Waals surface area contributed by atoms with Crippen molar-refractivity contribution < 1.29 is 4.79 Å². The van der Waals surface area contributed by atoms with Gasteiger partial charge in [0.2, 0.25) is 0 Å². The van der Waals surface area contributed by atoms with Gasteiger partial charge < -0.3 is 26.6 Å². The van der Waals surface area contributed by atoms with Crippen LogP contribution in [-0.2, 0) is 0 Å². The van der Waals surface area contributed by atoms with E-state index in [0.717, 1.165) is 30.6 Å². The number of piperidine rings is 1. The van der Waals surface area contributed by atoms with Crippen LogP contribution < -0.4 is 21.7 Å². The third-order valence-corrected chi connectivity index (χ3v) is 5.50. The zero-order chi connectivity index (χ0) is 18.8. The van der Waals surface area contributed by atoms with E-state index in [9.17, 15) is 4.79 Å². The van der Waals surface area contributed by atoms with Crippen LogP contribution in [-0.4, -0.2) is 58.2 Å². The van der Waals surface area contributed by atoms with Crippen molar-refractivity contribution in [3.05, 3.63) is 23.9 Å². The second-order valence-corrected chi connectivity index (χ2v) is 7.22. The molecule has 2 saturated heterocycles. The van der Waals surface area contributed by atoms with Crippen LogP contribution in [0.5, 0.6) is 0 Å². The molecule has 4 rings (SSSR count). The number of nitrogens with one attached hydrogen (secondary N) is 2. The van der Waals surface area contributed by atoms with Crippen LogP contribution in [0.2, 0.25) is 0 Å². The predicted octanol–water partition coefficient (Wildman–Crippen LogP) is 1.29. The Morgan fingerprint density at radius 3 is 2.56 bits per heavy atom. The number of carbonyl (C=O) groups is 1. The fraction of sp³-hybridized carbons (Fsp3) is 0.500. The minimum Gasteiger partial charge on any atom is -0.383 e. The summed E-state index contributed by atoms with van der Waals surface area (Å²) in [6.45, 7) is 4.58. The molecule has 0 spiro atoms. The minimum atomic E-state index is -0.630. The molecule has 0 bridgehead atoms. The molecule has 4 heterocycles. The summed E-state index contributed by atoms with van der Waals surface area (Å²) in [5, 5.41) is 9.58. The third-order valence-electron chi connectivity index (χ3n) is 5.50. The summed E-state index contributed by atoms with van der Waals surface area (Å²) >= 11 is 0. The Labute approximate surface area is 158 Å². The first-order chi connectivity index (χ1) is 13.1. The second-order valence-electron chi connectivity index (χ2n) is 7.22. The number of nitrogens with zero attached hydrogens (tertiary/aromatic N) is 4. The first-order valence-corrected chi connectivity index (χ1v) is 9.47. The van der Waals surface area contributed by atoms with Crippen molar-refractivity contribution >= 4 is 29.0 Å². The standard InChI is InChI=1S/C18H26N8O/c19-16-15(17(20)27)18(24-23-16)22-12-3-4-14(21-11-12)26-9-5-13(6-10-26)25-7-1-2-8-25/h3-4,11,13H,1-2,5-10H2,(H2,20,27)(H4,19,22,23,24). The molecule has 6 N–H and O–H groups in total. The number of aromatic amines is 1. The number of aromatic nitrogens is 3. The lowest BCUT2D eigenvalue weighted by Crippen LogP contribution is -2.44. The number of nitrogen functional groups attached to an aromatic ring is 1. The number of hydrogen-bond acceptors (Lipinski definition) is 7. The molecule has 2 aliphatic heterocycles. The second kappa shape index (κ2) is 7.43. The van der Waals surface area contributed by atoms with E-state index in [1.165, 1.54) is 38.8 Å². The molecule has 0 saturated carbocycles. The SMILES string of the molecule is NC(=O)c1c(Nc2ccc(N3CCC(N4CCCC4)CC3)nc2)n[nH]c1N. The van der Waals surface area contributed by atoms with Gasteiger partial charge in [0.05, 0.1) is 11.9 Å². The van der Waals surface area contributed by atoms with Crippen molar-refractivity contribution in [2.45, 2.75) is 31.7 Å². The Balaban J connectivity index is 1.37. The van der Waals surface area contributed by atoms with E-state index < -0.39 is 5.91 Å². The van der Waals surface area contributed by atoms with E-state index in [4.69, 9.17) is 11.5 Å². The maximum Gasteiger partial charge on any atom is 0.256 e. The zero-order valence-electron chi connectivity index (χ0n) is 15.3. The van der Waals surface area contributed by atoms with Gasteiger partial charge in [-0.2, -0.15) is 5.10 Å². The smallest absolute Gasteiger partial charge is 0.256 e. The largest absolute Gasteiger partial charge is 0.383 e. The van der Waals surface area contributed by atoms with Crippen LogP contribution in [0.4, 0.5) is 23.1 Å². The topological polar surface area (TPSA) is 129 Å². The molecule has 27 heavy (non-hydrogen) atoms. The molecule has 2 fully saturated rings. The van der Waals surface area contributed by atoms with Gasteiger partial charge in [0.1, 0.15) is 17.2 Å². The van der Waals surface area contributed by atoms with Gasteiger partial charge in [-0.05, 0) is 50.9 Å². The van der Waals surface area contributed by atoms with Crippen molar-refractivity contribution in [1.82, 2.24) is 20.1 Å². The summed E-state index contributed by atoms with van der Waals surface area (Å²) in [5.74, 6) is 0.794. The van der Waals surface area contributed by atoms with Gasteiger partial charge in [0.25, 0.3) is 5.91 Å². The van der Waals surface area contributed by atoms with E-state index in [2.05, 4.69) is 30.3 Å². The van der Waals surface area contributed by atoms with Gasteiger partial charge in [0.15, 0.2) is 5.82 Å². The molecular weight excluding hydrogens is 344 g/mol. The lowest BCUT2D eigenvalue weighted by Gasteiger charge is -2.37. The minimum absolute atomic E-state index is 0.149. The molecule has 0 aromatic carbocycles. The number of pyridine rings is 1. The number of likely N-dealkylation sites (tertiary alicyclic amines) is 1. The Kier molecular flexibility index (Phi) is 4.85. The monoisotopic (exact) mass is 370 g/mol. The molecule has 0 unspecified atom stereocenters. The molecule has 1 amide bonds. The lowest BCUT2D eigenvalue weighted by atomic mass is 10.0. The Bertz CT molecular complexity index is 788. The highest BCUT2D eigenvalue weighted by Crippen LogP contribution is 2.26. The lowest BCUT2D eigenvalue weighted by molar-refractivity contribution is 0.100. The van der Waals surface area contributed by atoms with E-state index in [1.54, 1.807) is 6.20 Å². The Hall–Kier alpha value is -2.81. The molecule has 0 radical (unpaired) electrons. The third kappa shape index (κ3) is 3.68. The Morgan fingerprint density at radius 2 is 1.93 bits per heavy atom. The highest BCUT2D eigenvalue weighted by Gasteiger charge is 2.26. The highest BCUT2D eigenvalue weighted by molar-refractivity contribution is 6.02. The van der Waals surface area contributed by atoms with Gasteiger partial charge in [-0.15, -0.1) is 0 Å². The van der Waals surface area contributed by atoms with Crippen LogP contribution in [0, 0.1) is 0 Å². The normalized spacial score (nSPS) is 18.7. The molecule has 9 heteroatoms. The first kappa shape index (κ1) is 17.6. The number of nitrogens with two attached hydrogens (primary N) is 2. The van der Waals surface area contributed by atoms with E-state index >= 15 is 0 Å². The summed E-state index contributed by atoms with van der Waals surface area (Å²) in [6, 6.07) is 4.63. The van der Waals surface area contributed by atoms with Gasteiger partial charge in [-0.1, -0.05) is 0 Å². The van der Waals surface area contributed by atoms with Crippen molar-refractivity contribution in [3.63, 3.8) is 0 Å². The summed E-state index contributed by atoms with van der Waals surface area (Å²) in [5.41, 5.74) is 11.9. The first-order valence-electron chi connectivity index (χ1n) is 9.47. The van der Waals surface area contributed by atoms with Gasteiger partial charge >= 0.3 is 0 Å². The average Bonchev–Trinajstić information content (AvgIpc) is 3.33. The molecule has 9 nitrogen and oxygen atoms in total. The molecule has 2 aromatic heterocycles. The number of amides is 1. The van der Waals surface area contributed by atoms with E-state index in [0.29, 0.717) is 5.82 Å². The fourth-order valence-electron chi connectivity index (χ4n) is 4.05. The van der Waals surface area contributed by atoms with Crippen LogP contribution >= 0.6 is 0 Å².